The Labute approximate surface area is 112 Å². The minimum absolute atomic E-state index is 0.0551. The monoisotopic (exact) mass is 292 g/mol. The van der Waals surface area contributed by atoms with Crippen LogP contribution in [0.2, 0.25) is 0 Å². The maximum atomic E-state index is 11.7. The first-order valence-electron chi connectivity index (χ1n) is 6.01. The van der Waals surface area contributed by atoms with Crippen LogP contribution < -0.4 is 10.6 Å². The van der Waals surface area contributed by atoms with Crippen LogP contribution in [0, 0.1) is 5.41 Å². The van der Waals surface area contributed by atoms with Crippen molar-refractivity contribution in [3.8, 4) is 0 Å². The molecule has 1 rings (SSSR count). The lowest BCUT2D eigenvalue weighted by atomic mass is 9.87. The van der Waals surface area contributed by atoms with Crippen LogP contribution in [0.3, 0.4) is 0 Å². The molecule has 1 unspecified atom stereocenters. The number of rotatable bonds is 3. The Balaban J connectivity index is 2.58. The summed E-state index contributed by atoms with van der Waals surface area (Å²) in [6.07, 6.45) is 0.364. The van der Waals surface area contributed by atoms with Gasteiger partial charge in [0.1, 0.15) is 6.04 Å². The van der Waals surface area contributed by atoms with Crippen LogP contribution >= 0.6 is 0 Å². The van der Waals surface area contributed by atoms with Gasteiger partial charge in [0.15, 0.2) is 9.84 Å². The van der Waals surface area contributed by atoms with E-state index in [9.17, 15) is 18.0 Å². The molecular formula is C11H20N2O5S. The highest BCUT2D eigenvalue weighted by Gasteiger charge is 2.34. The molecule has 0 aliphatic carbocycles. The summed E-state index contributed by atoms with van der Waals surface area (Å²) in [7, 11) is -3.07. The molecule has 1 aliphatic rings. The van der Waals surface area contributed by atoms with Gasteiger partial charge in [-0.1, -0.05) is 20.8 Å². The third-order valence-electron chi connectivity index (χ3n) is 2.96. The third kappa shape index (κ3) is 4.70. The summed E-state index contributed by atoms with van der Waals surface area (Å²) >= 11 is 0. The van der Waals surface area contributed by atoms with Crippen molar-refractivity contribution >= 4 is 21.8 Å². The predicted molar refractivity (Wildman–Crippen MR) is 69.6 cm³/mol. The fourth-order valence-corrected chi connectivity index (χ4v) is 3.59. The SMILES string of the molecule is CC(C)(C)[C@H](NC(=O)NC1CCS(=O)(=O)C1)C(=O)O. The van der Waals surface area contributed by atoms with E-state index >= 15 is 0 Å². The molecule has 2 amide bonds. The lowest BCUT2D eigenvalue weighted by molar-refractivity contribution is -0.141. The molecule has 1 saturated heterocycles. The molecule has 8 heteroatoms. The zero-order valence-corrected chi connectivity index (χ0v) is 12.1. The molecule has 19 heavy (non-hydrogen) atoms. The van der Waals surface area contributed by atoms with Gasteiger partial charge < -0.3 is 15.7 Å². The lowest BCUT2D eigenvalue weighted by Gasteiger charge is -2.28. The summed E-state index contributed by atoms with van der Waals surface area (Å²) in [4.78, 5) is 22.8. The fourth-order valence-electron chi connectivity index (χ4n) is 1.92. The van der Waals surface area contributed by atoms with Crippen molar-refractivity contribution in [3.63, 3.8) is 0 Å². The highest BCUT2D eigenvalue weighted by atomic mass is 32.2. The number of aliphatic carboxylic acids is 1. The molecule has 1 fully saturated rings. The smallest absolute Gasteiger partial charge is 0.326 e. The minimum Gasteiger partial charge on any atom is -0.480 e. The second kappa shape index (κ2) is 5.36. The maximum absolute atomic E-state index is 11.7. The quantitative estimate of drug-likeness (QED) is 0.676. The molecule has 0 spiro atoms. The second-order valence-corrected chi connectivity index (χ2v) is 8.08. The first-order valence-corrected chi connectivity index (χ1v) is 7.84. The molecule has 0 bridgehead atoms. The van der Waals surface area contributed by atoms with Crippen molar-refractivity contribution in [2.75, 3.05) is 11.5 Å². The fraction of sp³-hybridized carbons (Fsp3) is 0.818. The van der Waals surface area contributed by atoms with Crippen LogP contribution in [0.1, 0.15) is 27.2 Å². The predicted octanol–water partition coefficient (Wildman–Crippen LogP) is -0.0280. The molecule has 3 N–H and O–H groups in total. The van der Waals surface area contributed by atoms with E-state index in [-0.39, 0.29) is 11.5 Å². The van der Waals surface area contributed by atoms with Crippen molar-refractivity contribution in [3.05, 3.63) is 0 Å². The van der Waals surface area contributed by atoms with Crippen LogP contribution in [-0.2, 0) is 14.6 Å². The highest BCUT2D eigenvalue weighted by Crippen LogP contribution is 2.19. The van der Waals surface area contributed by atoms with Crippen molar-refractivity contribution in [1.29, 1.82) is 0 Å². The number of urea groups is 1. The number of hydrogen-bond acceptors (Lipinski definition) is 4. The number of nitrogens with one attached hydrogen (secondary N) is 2. The molecule has 1 aliphatic heterocycles. The van der Waals surface area contributed by atoms with Crippen LogP contribution in [0.4, 0.5) is 4.79 Å². The summed E-state index contributed by atoms with van der Waals surface area (Å²) in [5, 5.41) is 13.9. The van der Waals surface area contributed by atoms with E-state index in [2.05, 4.69) is 10.6 Å². The number of carbonyl (C=O) groups is 2. The number of carboxylic acid groups (broad SMARTS) is 1. The Morgan fingerprint density at radius 1 is 1.32 bits per heavy atom. The largest absolute Gasteiger partial charge is 0.480 e. The first-order chi connectivity index (χ1) is 8.51. The molecule has 0 saturated carbocycles. The Hall–Kier alpha value is -1.31. The van der Waals surface area contributed by atoms with Gasteiger partial charge in [0.25, 0.3) is 0 Å². The van der Waals surface area contributed by atoms with Gasteiger partial charge in [-0.2, -0.15) is 0 Å². The van der Waals surface area contributed by atoms with E-state index in [1.165, 1.54) is 0 Å². The standard InChI is InChI=1S/C11H20N2O5S/c1-11(2,3)8(9(14)15)13-10(16)12-7-4-5-19(17,18)6-7/h7-8H,4-6H2,1-3H3,(H,14,15)(H2,12,13,16)/t7?,8-/m1/s1. The lowest BCUT2D eigenvalue weighted by Crippen LogP contribution is -2.54. The van der Waals surface area contributed by atoms with Crippen molar-refractivity contribution in [2.45, 2.75) is 39.3 Å². The van der Waals surface area contributed by atoms with Gasteiger partial charge in [0.2, 0.25) is 0 Å². The Morgan fingerprint density at radius 2 is 1.89 bits per heavy atom. The summed E-state index contributed by atoms with van der Waals surface area (Å²) in [5.41, 5.74) is -0.634. The number of carboxylic acids is 1. The Morgan fingerprint density at radius 3 is 2.26 bits per heavy atom. The van der Waals surface area contributed by atoms with Crippen LogP contribution in [0.25, 0.3) is 0 Å². The van der Waals surface area contributed by atoms with Crippen molar-refractivity contribution < 1.29 is 23.1 Å². The molecule has 7 nitrogen and oxygen atoms in total. The maximum Gasteiger partial charge on any atom is 0.326 e. The van der Waals surface area contributed by atoms with Gasteiger partial charge in [0, 0.05) is 6.04 Å². The first kappa shape index (κ1) is 15.7. The zero-order valence-electron chi connectivity index (χ0n) is 11.3. The van der Waals surface area contributed by atoms with E-state index in [4.69, 9.17) is 5.11 Å². The van der Waals surface area contributed by atoms with E-state index in [0.717, 1.165) is 0 Å². The van der Waals surface area contributed by atoms with E-state index in [1.54, 1.807) is 20.8 Å². The van der Waals surface area contributed by atoms with Crippen molar-refractivity contribution in [2.24, 2.45) is 5.41 Å². The molecule has 0 aromatic rings. The molecule has 0 aromatic carbocycles. The van der Waals surface area contributed by atoms with Gasteiger partial charge in [-0.05, 0) is 11.8 Å². The average Bonchev–Trinajstić information content (AvgIpc) is 2.52. The Kier molecular flexibility index (Phi) is 4.44. The van der Waals surface area contributed by atoms with Gasteiger partial charge >= 0.3 is 12.0 Å². The van der Waals surface area contributed by atoms with Gasteiger partial charge in [-0.3, -0.25) is 0 Å². The zero-order chi connectivity index (χ0) is 14.8. The molecule has 0 radical (unpaired) electrons. The normalized spacial score (nSPS) is 23.6. The van der Waals surface area contributed by atoms with Gasteiger partial charge in [-0.15, -0.1) is 0 Å². The van der Waals surface area contributed by atoms with Gasteiger partial charge in [0.05, 0.1) is 11.5 Å². The van der Waals surface area contributed by atoms with Crippen LogP contribution in [0.5, 0.6) is 0 Å². The summed E-state index contributed by atoms with van der Waals surface area (Å²) in [5.74, 6) is -1.16. The van der Waals surface area contributed by atoms with E-state index < -0.39 is 39.3 Å². The Bertz CT molecular complexity index is 466. The molecule has 1 heterocycles. The third-order valence-corrected chi connectivity index (χ3v) is 4.72. The minimum atomic E-state index is -3.07. The van der Waals surface area contributed by atoms with Crippen molar-refractivity contribution in [1.82, 2.24) is 10.6 Å². The van der Waals surface area contributed by atoms with Gasteiger partial charge in [-0.25, -0.2) is 18.0 Å². The number of hydrogen-bond donors (Lipinski definition) is 3. The highest BCUT2D eigenvalue weighted by molar-refractivity contribution is 7.91. The second-order valence-electron chi connectivity index (χ2n) is 5.86. The average molecular weight is 292 g/mol. The summed E-state index contributed by atoms with van der Waals surface area (Å²) < 4.78 is 22.5. The molecular weight excluding hydrogens is 272 g/mol. The molecule has 0 aromatic heterocycles. The summed E-state index contributed by atoms with van der Waals surface area (Å²) in [6.45, 7) is 5.10. The van der Waals surface area contributed by atoms with Crippen LogP contribution in [0.15, 0.2) is 0 Å². The molecule has 110 valence electrons. The van der Waals surface area contributed by atoms with E-state index in [1.807, 2.05) is 0 Å². The summed E-state index contributed by atoms with van der Waals surface area (Å²) in [6, 6.07) is -2.13. The number of amides is 2. The number of sulfone groups is 1. The van der Waals surface area contributed by atoms with Crippen LogP contribution in [-0.4, -0.2) is 49.1 Å². The van der Waals surface area contributed by atoms with E-state index in [0.29, 0.717) is 6.42 Å². The molecule has 2 atom stereocenters. The topological polar surface area (TPSA) is 113 Å². The number of carbonyl (C=O) groups excluding carboxylic acids is 1.